The van der Waals surface area contributed by atoms with Gasteiger partial charge in [-0.25, -0.2) is 13.6 Å². The normalized spacial score (nSPS) is 26.6. The second kappa shape index (κ2) is 10.2. The number of halogens is 2. The van der Waals surface area contributed by atoms with Gasteiger partial charge >= 0.3 is 6.03 Å². The predicted molar refractivity (Wildman–Crippen MR) is 141 cm³/mol. The molecule has 0 aliphatic carbocycles. The van der Waals surface area contributed by atoms with E-state index in [0.717, 1.165) is 68.4 Å². The SMILES string of the molecule is O=C(NC1CCN(C2=CC=C3C=CN=C4CC=NC34N2)CC1)N1CCCC(COc2ccc(F)cc2F)C1. The number of rotatable bonds is 5. The van der Waals surface area contributed by atoms with Crippen molar-refractivity contribution < 1.29 is 18.3 Å². The van der Waals surface area contributed by atoms with Gasteiger partial charge in [0.05, 0.1) is 12.3 Å². The van der Waals surface area contributed by atoms with Crippen molar-refractivity contribution in [1.29, 1.82) is 0 Å². The van der Waals surface area contributed by atoms with Crippen molar-refractivity contribution in [3.63, 3.8) is 0 Å². The number of carbonyl (C=O) groups is 1. The molecule has 6 rings (SSSR count). The summed E-state index contributed by atoms with van der Waals surface area (Å²) in [5, 5.41) is 6.85. The first kappa shape index (κ1) is 24.6. The first-order valence-electron chi connectivity index (χ1n) is 13.4. The number of urea groups is 1. The summed E-state index contributed by atoms with van der Waals surface area (Å²) in [7, 11) is 0. The van der Waals surface area contributed by atoms with E-state index in [-0.39, 0.29) is 30.3 Å². The zero-order valence-corrected chi connectivity index (χ0v) is 21.2. The summed E-state index contributed by atoms with van der Waals surface area (Å²) < 4.78 is 32.6. The lowest BCUT2D eigenvalue weighted by molar-refractivity contribution is 0.130. The van der Waals surface area contributed by atoms with Gasteiger partial charge in [-0.1, -0.05) is 6.08 Å². The Hall–Kier alpha value is -3.69. The van der Waals surface area contributed by atoms with E-state index in [0.29, 0.717) is 13.1 Å². The average molecular weight is 523 g/mol. The van der Waals surface area contributed by atoms with Crippen LogP contribution in [-0.4, -0.2) is 72.2 Å². The number of likely N-dealkylation sites (tertiary alicyclic amines) is 2. The molecule has 2 N–H and O–H groups in total. The third-order valence-corrected chi connectivity index (χ3v) is 7.96. The predicted octanol–water partition coefficient (Wildman–Crippen LogP) is 3.74. The molecule has 1 aromatic rings. The zero-order valence-electron chi connectivity index (χ0n) is 21.2. The van der Waals surface area contributed by atoms with Crippen LogP contribution in [0.2, 0.25) is 0 Å². The van der Waals surface area contributed by atoms with E-state index in [1.807, 2.05) is 23.4 Å². The van der Waals surface area contributed by atoms with Crippen molar-refractivity contribution in [1.82, 2.24) is 20.4 Å². The molecule has 0 saturated carbocycles. The Morgan fingerprint density at radius 3 is 2.89 bits per heavy atom. The topological polar surface area (TPSA) is 81.6 Å². The molecule has 2 fully saturated rings. The molecule has 5 aliphatic rings. The minimum absolute atomic E-state index is 0.0387. The van der Waals surface area contributed by atoms with Crippen LogP contribution in [-0.2, 0) is 0 Å². The third-order valence-electron chi connectivity index (χ3n) is 7.96. The van der Waals surface area contributed by atoms with Crippen molar-refractivity contribution in [2.75, 3.05) is 32.8 Å². The highest BCUT2D eigenvalue weighted by atomic mass is 19.1. The van der Waals surface area contributed by atoms with Gasteiger partial charge in [-0.2, -0.15) is 0 Å². The van der Waals surface area contributed by atoms with E-state index in [1.54, 1.807) is 0 Å². The van der Waals surface area contributed by atoms with Crippen LogP contribution in [0.4, 0.5) is 13.6 Å². The van der Waals surface area contributed by atoms with E-state index in [2.05, 4.69) is 32.7 Å². The van der Waals surface area contributed by atoms with Gasteiger partial charge in [0.1, 0.15) is 11.6 Å². The molecule has 2 amide bonds. The lowest BCUT2D eigenvalue weighted by Gasteiger charge is -2.42. The largest absolute Gasteiger partial charge is 0.490 e. The van der Waals surface area contributed by atoms with E-state index in [4.69, 9.17) is 9.73 Å². The lowest BCUT2D eigenvalue weighted by Crippen LogP contribution is -2.56. The number of aliphatic imine (C=N–C) groups is 2. The highest BCUT2D eigenvalue weighted by molar-refractivity contribution is 6.10. The van der Waals surface area contributed by atoms with Crippen molar-refractivity contribution in [2.45, 2.75) is 43.8 Å². The molecule has 2 atom stereocenters. The number of piperidine rings is 2. The molecule has 2 saturated heterocycles. The molecule has 0 bridgehead atoms. The van der Waals surface area contributed by atoms with E-state index < -0.39 is 17.3 Å². The van der Waals surface area contributed by atoms with Gasteiger partial charge in [-0.3, -0.25) is 9.98 Å². The monoisotopic (exact) mass is 522 g/mol. The second-order valence-electron chi connectivity index (χ2n) is 10.5. The quantitative estimate of drug-likeness (QED) is 0.618. The summed E-state index contributed by atoms with van der Waals surface area (Å²) in [6.45, 7) is 3.19. The summed E-state index contributed by atoms with van der Waals surface area (Å²) in [5.41, 5.74) is 1.56. The Morgan fingerprint density at radius 2 is 2.05 bits per heavy atom. The second-order valence-corrected chi connectivity index (χ2v) is 10.5. The van der Waals surface area contributed by atoms with Crippen LogP contribution in [0.1, 0.15) is 32.1 Å². The zero-order chi connectivity index (χ0) is 26.1. The Kier molecular flexibility index (Phi) is 6.63. The van der Waals surface area contributed by atoms with E-state index in [1.165, 1.54) is 12.1 Å². The maximum atomic E-state index is 13.9. The van der Waals surface area contributed by atoms with Crippen LogP contribution >= 0.6 is 0 Å². The first-order valence-corrected chi connectivity index (χ1v) is 13.4. The molecular formula is C28H32F2N6O2. The number of dihydropyridines is 1. The van der Waals surface area contributed by atoms with Gasteiger partial charge < -0.3 is 25.2 Å². The first-order chi connectivity index (χ1) is 18.5. The Bertz CT molecular complexity index is 1250. The van der Waals surface area contributed by atoms with Crippen LogP contribution in [0, 0.1) is 17.6 Å². The summed E-state index contributed by atoms with van der Waals surface area (Å²) in [4.78, 5) is 26.5. The molecule has 10 heteroatoms. The molecule has 5 aliphatic heterocycles. The van der Waals surface area contributed by atoms with Crippen LogP contribution in [0.15, 0.2) is 64.0 Å². The van der Waals surface area contributed by atoms with Gasteiger partial charge in [-0.15, -0.1) is 0 Å². The van der Waals surface area contributed by atoms with Crippen LogP contribution < -0.4 is 15.4 Å². The molecule has 2 unspecified atom stereocenters. The number of nitrogens with one attached hydrogen (secondary N) is 2. The molecule has 0 aromatic heterocycles. The number of carbonyl (C=O) groups excluding carboxylic acids is 1. The Labute approximate surface area is 220 Å². The fraction of sp³-hybridized carbons (Fsp3) is 0.464. The van der Waals surface area contributed by atoms with Crippen molar-refractivity contribution in [3.8, 4) is 5.75 Å². The van der Waals surface area contributed by atoms with Gasteiger partial charge in [0.25, 0.3) is 0 Å². The number of hydrogen-bond acceptors (Lipinski definition) is 6. The standard InChI is InChI=1S/C28H32F2N6O2/c29-21-4-5-24(23(30)16-21)38-18-19-2-1-13-36(17-19)27(37)33-22-9-14-35(15-10-22)26-6-3-20-7-11-31-25-8-12-32-28(20,25)34-26/h3-7,11-12,16,19,22,34H,1-2,8-10,13-15,17-18H2,(H,33,37). The molecule has 200 valence electrons. The van der Waals surface area contributed by atoms with E-state index in [9.17, 15) is 13.6 Å². The summed E-state index contributed by atoms with van der Waals surface area (Å²) in [6.07, 6.45) is 14.2. The highest BCUT2D eigenvalue weighted by Gasteiger charge is 2.44. The maximum absolute atomic E-state index is 13.9. The van der Waals surface area contributed by atoms with E-state index >= 15 is 0 Å². The molecule has 1 spiro atoms. The molecule has 5 heterocycles. The summed E-state index contributed by atoms with van der Waals surface area (Å²) in [5.74, 6) is -0.165. The summed E-state index contributed by atoms with van der Waals surface area (Å²) >= 11 is 0. The fourth-order valence-electron chi connectivity index (χ4n) is 5.86. The number of allylic oxidation sites excluding steroid dienone is 2. The number of amides is 2. The molecule has 8 nitrogen and oxygen atoms in total. The Morgan fingerprint density at radius 1 is 1.18 bits per heavy atom. The van der Waals surface area contributed by atoms with Crippen LogP contribution in [0.5, 0.6) is 5.75 Å². The molecular weight excluding hydrogens is 490 g/mol. The smallest absolute Gasteiger partial charge is 0.317 e. The molecule has 0 radical (unpaired) electrons. The van der Waals surface area contributed by atoms with Crippen LogP contribution in [0.25, 0.3) is 0 Å². The van der Waals surface area contributed by atoms with Gasteiger partial charge in [0.2, 0.25) is 0 Å². The fourth-order valence-corrected chi connectivity index (χ4v) is 5.86. The minimum atomic E-state index is -0.711. The maximum Gasteiger partial charge on any atom is 0.317 e. The summed E-state index contributed by atoms with van der Waals surface area (Å²) in [6, 6.07) is 3.35. The van der Waals surface area contributed by atoms with Gasteiger partial charge in [0.15, 0.2) is 17.2 Å². The third kappa shape index (κ3) is 4.79. The highest BCUT2D eigenvalue weighted by Crippen LogP contribution is 2.35. The van der Waals surface area contributed by atoms with Crippen molar-refractivity contribution >= 4 is 18.0 Å². The molecule has 38 heavy (non-hydrogen) atoms. The van der Waals surface area contributed by atoms with Crippen molar-refractivity contribution in [2.24, 2.45) is 15.9 Å². The van der Waals surface area contributed by atoms with Crippen LogP contribution in [0.3, 0.4) is 0 Å². The lowest BCUT2D eigenvalue weighted by atomic mass is 9.90. The number of benzene rings is 1. The number of hydrogen-bond donors (Lipinski definition) is 2. The number of ether oxygens (including phenoxy) is 1. The molecule has 1 aromatic carbocycles. The minimum Gasteiger partial charge on any atom is -0.490 e. The van der Waals surface area contributed by atoms with Crippen molar-refractivity contribution in [3.05, 3.63) is 65.7 Å². The van der Waals surface area contributed by atoms with Gasteiger partial charge in [-0.05, 0) is 50.0 Å². The average Bonchev–Trinajstić information content (AvgIpc) is 3.35. The van der Waals surface area contributed by atoms with Gasteiger partial charge in [0, 0.05) is 68.6 Å². The number of nitrogens with zero attached hydrogens (tertiary/aromatic N) is 4. The Balaban J connectivity index is 0.985.